The molecular formula is C16H27N3. The normalized spacial score (nSPS) is 27.2. The summed E-state index contributed by atoms with van der Waals surface area (Å²) >= 11 is 0. The van der Waals surface area contributed by atoms with E-state index < -0.39 is 0 Å². The fraction of sp³-hybridized carbons (Fsp3) is 0.875. The van der Waals surface area contributed by atoms with Crippen LogP contribution in [0.5, 0.6) is 0 Å². The Labute approximate surface area is 118 Å². The predicted octanol–water partition coefficient (Wildman–Crippen LogP) is 3.72. The van der Waals surface area contributed by atoms with Gasteiger partial charge in [-0.05, 0) is 39.0 Å². The lowest BCUT2D eigenvalue weighted by molar-refractivity contribution is 0.0739. The summed E-state index contributed by atoms with van der Waals surface area (Å²) in [5.41, 5.74) is 0. The van der Waals surface area contributed by atoms with Gasteiger partial charge in [0.25, 0.3) is 0 Å². The van der Waals surface area contributed by atoms with E-state index in [0.717, 1.165) is 25.3 Å². The van der Waals surface area contributed by atoms with Gasteiger partial charge in [0, 0.05) is 25.0 Å². The van der Waals surface area contributed by atoms with Gasteiger partial charge in [0.2, 0.25) is 0 Å². The third-order valence-electron chi connectivity index (χ3n) is 4.36. The van der Waals surface area contributed by atoms with Gasteiger partial charge in [0.1, 0.15) is 0 Å². The molecule has 0 bridgehead atoms. The van der Waals surface area contributed by atoms with Crippen LogP contribution in [0, 0.1) is 34.5 Å². The monoisotopic (exact) mass is 261 g/mol. The third kappa shape index (κ3) is 4.51. The molecule has 3 unspecified atom stereocenters. The lowest BCUT2D eigenvalue weighted by Crippen LogP contribution is -2.47. The molecule has 3 heteroatoms. The zero-order valence-corrected chi connectivity index (χ0v) is 12.6. The lowest BCUT2D eigenvalue weighted by Gasteiger charge is -2.42. The van der Waals surface area contributed by atoms with Crippen molar-refractivity contribution in [1.29, 1.82) is 10.5 Å². The average molecular weight is 261 g/mol. The van der Waals surface area contributed by atoms with Crippen LogP contribution in [0.4, 0.5) is 0 Å². The number of nitrogens with zero attached hydrogens (tertiary/aromatic N) is 3. The molecule has 0 heterocycles. The van der Waals surface area contributed by atoms with E-state index in [1.165, 1.54) is 19.3 Å². The Morgan fingerprint density at radius 2 is 2.00 bits per heavy atom. The summed E-state index contributed by atoms with van der Waals surface area (Å²) < 4.78 is 0. The molecule has 1 aliphatic rings. The average Bonchev–Trinajstić information content (AvgIpc) is 2.39. The molecule has 0 saturated heterocycles. The summed E-state index contributed by atoms with van der Waals surface area (Å²) in [5.74, 6) is 0.914. The van der Waals surface area contributed by atoms with Crippen molar-refractivity contribution in [3.63, 3.8) is 0 Å². The van der Waals surface area contributed by atoms with E-state index in [1.807, 2.05) is 0 Å². The van der Waals surface area contributed by atoms with E-state index in [0.29, 0.717) is 18.5 Å². The van der Waals surface area contributed by atoms with E-state index in [4.69, 9.17) is 5.26 Å². The van der Waals surface area contributed by atoms with Crippen molar-refractivity contribution in [3.8, 4) is 12.1 Å². The van der Waals surface area contributed by atoms with Gasteiger partial charge in [-0.15, -0.1) is 0 Å². The first-order valence-corrected chi connectivity index (χ1v) is 7.66. The maximum absolute atomic E-state index is 9.39. The Kier molecular flexibility index (Phi) is 6.89. The summed E-state index contributed by atoms with van der Waals surface area (Å²) in [7, 11) is 0. The predicted molar refractivity (Wildman–Crippen MR) is 77.2 cm³/mol. The first-order valence-electron chi connectivity index (χ1n) is 7.66. The Bertz CT molecular complexity index is 337. The molecule has 0 aliphatic heterocycles. The number of nitriles is 2. The minimum absolute atomic E-state index is 0.147. The van der Waals surface area contributed by atoms with Crippen LogP contribution in [0.3, 0.4) is 0 Å². The Morgan fingerprint density at radius 1 is 1.26 bits per heavy atom. The number of hydrogen-bond acceptors (Lipinski definition) is 3. The highest BCUT2D eigenvalue weighted by Gasteiger charge is 2.34. The Balaban J connectivity index is 2.76. The largest absolute Gasteiger partial charge is 0.296 e. The molecule has 0 spiro atoms. The highest BCUT2D eigenvalue weighted by molar-refractivity contribution is 4.98. The highest BCUT2D eigenvalue weighted by atomic mass is 15.2. The fourth-order valence-electron chi connectivity index (χ4n) is 3.40. The topological polar surface area (TPSA) is 50.8 Å². The zero-order chi connectivity index (χ0) is 14.3. The van der Waals surface area contributed by atoms with Crippen LogP contribution in [0.25, 0.3) is 0 Å². The van der Waals surface area contributed by atoms with Gasteiger partial charge in [-0.1, -0.05) is 19.8 Å². The summed E-state index contributed by atoms with van der Waals surface area (Å²) in [5, 5.41) is 18.2. The standard InChI is InChI=1S/C16H27N3/c1-4-6-14-7-8-15(12-18)16(11-14)19(13(2)3)10-5-9-17/h13-16H,4-8,10-11H2,1-3H3. The zero-order valence-electron chi connectivity index (χ0n) is 12.6. The van der Waals surface area contributed by atoms with Crippen LogP contribution >= 0.6 is 0 Å². The second-order valence-electron chi connectivity index (χ2n) is 6.01. The molecule has 3 nitrogen and oxygen atoms in total. The molecule has 19 heavy (non-hydrogen) atoms. The molecular weight excluding hydrogens is 234 g/mol. The first kappa shape index (κ1) is 16.0. The molecule has 1 fully saturated rings. The van der Waals surface area contributed by atoms with Crippen molar-refractivity contribution in [3.05, 3.63) is 0 Å². The fourth-order valence-corrected chi connectivity index (χ4v) is 3.40. The molecule has 106 valence electrons. The first-order chi connectivity index (χ1) is 9.13. The summed E-state index contributed by atoms with van der Waals surface area (Å²) in [6, 6.07) is 5.50. The van der Waals surface area contributed by atoms with E-state index in [2.05, 4.69) is 37.8 Å². The van der Waals surface area contributed by atoms with Crippen molar-refractivity contribution in [1.82, 2.24) is 4.90 Å². The Hall–Kier alpha value is -1.06. The van der Waals surface area contributed by atoms with Gasteiger partial charge in [-0.3, -0.25) is 4.90 Å². The molecule has 1 rings (SSSR count). The number of rotatable bonds is 6. The molecule has 0 radical (unpaired) electrons. The minimum atomic E-state index is 0.147. The van der Waals surface area contributed by atoms with Crippen molar-refractivity contribution < 1.29 is 0 Å². The Morgan fingerprint density at radius 3 is 2.53 bits per heavy atom. The van der Waals surface area contributed by atoms with Crippen LogP contribution < -0.4 is 0 Å². The molecule has 0 amide bonds. The number of hydrogen-bond donors (Lipinski definition) is 0. The van der Waals surface area contributed by atoms with Gasteiger partial charge >= 0.3 is 0 Å². The lowest BCUT2D eigenvalue weighted by atomic mass is 9.76. The van der Waals surface area contributed by atoms with E-state index >= 15 is 0 Å². The van der Waals surface area contributed by atoms with Gasteiger partial charge in [-0.2, -0.15) is 10.5 Å². The maximum atomic E-state index is 9.39. The third-order valence-corrected chi connectivity index (χ3v) is 4.36. The van der Waals surface area contributed by atoms with Crippen molar-refractivity contribution in [2.45, 2.75) is 71.4 Å². The highest BCUT2D eigenvalue weighted by Crippen LogP contribution is 2.35. The van der Waals surface area contributed by atoms with E-state index in [1.54, 1.807) is 0 Å². The molecule has 0 aromatic rings. The molecule has 0 aromatic heterocycles. The molecule has 1 saturated carbocycles. The van der Waals surface area contributed by atoms with Crippen molar-refractivity contribution in [2.75, 3.05) is 6.54 Å². The van der Waals surface area contributed by atoms with Gasteiger partial charge in [0.05, 0.1) is 18.1 Å². The summed E-state index contributed by atoms with van der Waals surface area (Å²) in [6.45, 7) is 7.39. The van der Waals surface area contributed by atoms with Gasteiger partial charge in [0.15, 0.2) is 0 Å². The van der Waals surface area contributed by atoms with Gasteiger partial charge in [-0.25, -0.2) is 0 Å². The molecule has 0 N–H and O–H groups in total. The van der Waals surface area contributed by atoms with Crippen LogP contribution in [0.1, 0.15) is 59.3 Å². The molecule has 1 aliphatic carbocycles. The second kappa shape index (κ2) is 8.18. The SMILES string of the molecule is CCCC1CCC(C#N)C(N(CCC#N)C(C)C)C1. The van der Waals surface area contributed by atoms with Crippen LogP contribution in [-0.2, 0) is 0 Å². The summed E-state index contributed by atoms with van der Waals surface area (Å²) in [6.07, 6.45) is 6.43. The summed E-state index contributed by atoms with van der Waals surface area (Å²) in [4.78, 5) is 2.39. The van der Waals surface area contributed by atoms with E-state index in [-0.39, 0.29) is 5.92 Å². The van der Waals surface area contributed by atoms with Crippen LogP contribution in [-0.4, -0.2) is 23.5 Å². The quantitative estimate of drug-likeness (QED) is 0.732. The maximum Gasteiger partial charge on any atom is 0.0672 e. The van der Waals surface area contributed by atoms with Crippen LogP contribution in [0.15, 0.2) is 0 Å². The second-order valence-corrected chi connectivity index (χ2v) is 6.01. The minimum Gasteiger partial charge on any atom is -0.296 e. The van der Waals surface area contributed by atoms with Crippen LogP contribution in [0.2, 0.25) is 0 Å². The van der Waals surface area contributed by atoms with Crippen molar-refractivity contribution in [2.24, 2.45) is 11.8 Å². The van der Waals surface area contributed by atoms with Gasteiger partial charge < -0.3 is 0 Å². The molecule has 0 aromatic carbocycles. The van der Waals surface area contributed by atoms with Crippen molar-refractivity contribution >= 4 is 0 Å². The van der Waals surface area contributed by atoms with E-state index in [9.17, 15) is 5.26 Å². The smallest absolute Gasteiger partial charge is 0.0672 e. The molecule has 3 atom stereocenters.